The molecule has 6 rings (SSSR count). The molecule has 2 unspecified atom stereocenters. The molecule has 18 heteroatoms. The Morgan fingerprint density at radius 3 is 0.789 bits per heavy atom. The Balaban J connectivity index is 1.19. The van der Waals surface area contributed by atoms with E-state index >= 15 is 0 Å². The molecule has 0 aliphatic carbocycles. The van der Waals surface area contributed by atoms with Crippen LogP contribution in [0, 0.1) is 0 Å². The minimum absolute atomic E-state index is 0.0746. The van der Waals surface area contributed by atoms with Crippen LogP contribution in [0.5, 0.6) is 23.0 Å². The molecule has 2 atom stereocenters. The van der Waals surface area contributed by atoms with Crippen LogP contribution in [0.25, 0.3) is 0 Å². The third-order valence-corrected chi connectivity index (χ3v) is 26.9. The molecule has 0 saturated heterocycles. The van der Waals surface area contributed by atoms with Crippen molar-refractivity contribution in [3.63, 3.8) is 0 Å². The normalized spacial score (nSPS) is 15.2. The number of rotatable bonds is 70. The van der Waals surface area contributed by atoms with E-state index < -0.39 is 47.3 Å². The summed E-state index contributed by atoms with van der Waals surface area (Å²) >= 11 is 6.11. The Bertz CT molecular complexity index is 3050. The second-order valence-electron chi connectivity index (χ2n) is 32.4. The van der Waals surface area contributed by atoms with Crippen molar-refractivity contribution in [3.05, 3.63) is 93.7 Å². The number of carbonyl (C=O) groups is 6. The van der Waals surface area contributed by atoms with Crippen molar-refractivity contribution in [1.29, 1.82) is 0 Å². The first-order chi connectivity index (χ1) is 55.9. The third-order valence-electron chi connectivity index (χ3n) is 22.4. The number of hydrogen-bond acceptors (Lipinski definition) is 18. The van der Waals surface area contributed by atoms with Gasteiger partial charge in [0.05, 0.1) is 19.9 Å². The summed E-state index contributed by atoms with van der Waals surface area (Å²) < 4.78 is 40.0. The molecule has 0 fully saturated rings. The number of ether oxygens (including phenoxy) is 6. The zero-order chi connectivity index (χ0) is 81.0. The van der Waals surface area contributed by atoms with Gasteiger partial charge < -0.3 is 28.4 Å². The van der Waals surface area contributed by atoms with Crippen LogP contribution in [-0.4, -0.2) is 60.4 Å². The average molecular weight is 1650 g/mol. The molecule has 2 aromatic carbocycles. The first-order valence-electron chi connectivity index (χ1n) is 46.0. The van der Waals surface area contributed by atoms with Gasteiger partial charge in [0.25, 0.3) is 0 Å². The van der Waals surface area contributed by atoms with E-state index in [0.717, 1.165) is 109 Å². The summed E-state index contributed by atoms with van der Waals surface area (Å²) in [6, 6.07) is 14.8. The number of unbranched alkanes of at least 4 members (excludes halogenated alkanes) is 48. The van der Waals surface area contributed by atoms with Crippen molar-refractivity contribution in [3.8, 4) is 23.0 Å². The second kappa shape index (κ2) is 62.2. The van der Waals surface area contributed by atoms with Gasteiger partial charge in [-0.15, -0.1) is 46.2 Å². The summed E-state index contributed by atoms with van der Waals surface area (Å²) in [6.45, 7) is 9.79. The van der Waals surface area contributed by atoms with Gasteiger partial charge in [0.15, 0.2) is 23.0 Å². The number of hydrogen-bond donors (Lipinski definition) is 2. The smallest absolute Gasteiger partial charge is 0.333 e. The zero-order valence-corrected chi connectivity index (χ0v) is 74.6. The molecule has 0 saturated carbocycles. The molecule has 4 heterocycles. The van der Waals surface area contributed by atoms with Gasteiger partial charge in [-0.3, -0.25) is 29.8 Å². The fourth-order valence-electron chi connectivity index (χ4n) is 15.6. The highest BCUT2D eigenvalue weighted by Crippen LogP contribution is 2.45. The van der Waals surface area contributed by atoms with Gasteiger partial charge in [0, 0.05) is 62.1 Å². The Kier molecular flexibility index (Phi) is 53.4. The number of benzene rings is 2. The molecular weight excluding hydrogens is 1500 g/mol. The molecule has 2 N–H and O–H groups in total. The Morgan fingerprint density at radius 2 is 0.561 bits per heavy atom. The number of fused-ring (bicyclic) bond motifs is 2. The first-order valence-corrected chi connectivity index (χ1v) is 49.8. The van der Waals surface area contributed by atoms with Crippen LogP contribution < -0.4 is 29.6 Å². The van der Waals surface area contributed by atoms with Crippen molar-refractivity contribution in [2.75, 3.05) is 24.6 Å². The maximum atomic E-state index is 14.7. The number of thioether (sulfide) groups is 2. The third kappa shape index (κ3) is 41.6. The van der Waals surface area contributed by atoms with Crippen LogP contribution in [0.3, 0.4) is 0 Å². The number of thiophene rings is 2. The number of nitrogens with one attached hydrogen (secondary N) is 2. The summed E-state index contributed by atoms with van der Waals surface area (Å²) in [5.41, 5.74) is -0.446. The molecule has 640 valence electrons. The summed E-state index contributed by atoms with van der Waals surface area (Å²) in [7, 11) is 0. The molecule has 0 radical (unpaired) electrons. The number of carbonyl (C=O) groups excluding carboxylic acids is 6. The van der Waals surface area contributed by atoms with E-state index in [0.29, 0.717) is 62.7 Å². The highest BCUT2D eigenvalue weighted by Gasteiger charge is 2.44. The second-order valence-corrected chi connectivity index (χ2v) is 36.9. The van der Waals surface area contributed by atoms with Gasteiger partial charge >= 0.3 is 35.8 Å². The standard InChI is InChI=1S/C96H150N2O12S4/c1-5-9-13-17-21-25-29-33-37-41-45-49-53-59-87(99)105-83-73-79-67-69-97-95(77-113-93-63-57-71-111-93,81(79)75-85(83)107-89(101)61-55-51-47-43-39-35-31-27-23-19-15-11-7-3)109-91(103)65-66-92(104)110-96(78-114-94-64-58-72-112-94)82-76-86(108-90(102)62-56-52-48-44-40-36-32-28-24-20-16-12-8-4)84(74-80(82)68-70-98-96)106-88(100)60-54-50-46-42-38-34-30-26-22-18-14-10-6-2/h57-58,63-66,71-76,97-98H,5-56,59-62,67-70,77-78H2,1-4H3/b66-65+. The summed E-state index contributed by atoms with van der Waals surface area (Å²) in [4.78, 5) is 85.1. The van der Waals surface area contributed by atoms with Gasteiger partial charge in [0.1, 0.15) is 0 Å². The summed E-state index contributed by atoms with van der Waals surface area (Å²) in [5.74, 6) is -2.51. The van der Waals surface area contributed by atoms with Gasteiger partial charge in [-0.1, -0.05) is 348 Å². The van der Waals surface area contributed by atoms with E-state index in [2.05, 4.69) is 38.3 Å². The highest BCUT2D eigenvalue weighted by atomic mass is 32.2. The Labute approximate surface area is 706 Å². The van der Waals surface area contributed by atoms with Crippen molar-refractivity contribution in [2.24, 2.45) is 0 Å². The minimum Gasteiger partial charge on any atom is -0.435 e. The zero-order valence-electron chi connectivity index (χ0n) is 71.3. The Hall–Kier alpha value is -4.98. The van der Waals surface area contributed by atoms with E-state index in [1.807, 2.05) is 35.0 Å². The highest BCUT2D eigenvalue weighted by molar-refractivity contribution is 8.01. The molecule has 4 aromatic rings. The van der Waals surface area contributed by atoms with Gasteiger partial charge in [-0.2, -0.15) is 0 Å². The van der Waals surface area contributed by atoms with Crippen LogP contribution in [0.1, 0.15) is 410 Å². The molecule has 2 aromatic heterocycles. The monoisotopic (exact) mass is 1650 g/mol. The van der Waals surface area contributed by atoms with Crippen LogP contribution >= 0.6 is 46.2 Å². The number of esters is 6. The van der Waals surface area contributed by atoms with E-state index in [9.17, 15) is 28.8 Å². The summed E-state index contributed by atoms with van der Waals surface area (Å²) in [5, 5.41) is 11.0. The lowest BCUT2D eigenvalue weighted by molar-refractivity contribution is -0.159. The van der Waals surface area contributed by atoms with E-state index in [4.69, 9.17) is 28.4 Å². The fourth-order valence-corrected chi connectivity index (χ4v) is 19.4. The van der Waals surface area contributed by atoms with E-state index in [1.165, 1.54) is 255 Å². The van der Waals surface area contributed by atoms with Crippen LogP contribution in [0.2, 0.25) is 0 Å². The lowest BCUT2D eigenvalue weighted by Gasteiger charge is -2.39. The van der Waals surface area contributed by atoms with Gasteiger partial charge in [-0.25, -0.2) is 9.59 Å². The maximum absolute atomic E-state index is 14.7. The van der Waals surface area contributed by atoms with Crippen LogP contribution in [0.15, 0.2) is 79.9 Å². The van der Waals surface area contributed by atoms with Crippen LogP contribution in [0.4, 0.5) is 0 Å². The summed E-state index contributed by atoms with van der Waals surface area (Å²) in [6.07, 6.45) is 65.5. The molecular formula is C96H150N2O12S4. The first kappa shape index (κ1) is 97.8. The van der Waals surface area contributed by atoms with Crippen LogP contribution in [-0.2, 0) is 62.5 Å². The molecule has 0 bridgehead atoms. The molecule has 14 nitrogen and oxygen atoms in total. The lowest BCUT2D eigenvalue weighted by Crippen LogP contribution is -2.52. The SMILES string of the molecule is CCCCCCCCCCCCCCCC(=O)Oc1cc2c(cc1OC(=O)CCCCCCCCCCCCCCC)C(CSc1cccs1)(OC(=O)/C=C/C(=O)OC1(CSc3cccs3)NCCc3cc(OC(=O)CCCCCCCCCCCCCCC)c(OC(=O)CCCCCCCCCCCCCCC)cc31)NCC2. The fraction of sp³-hybridized carbons (Fsp3) is 0.708. The van der Waals surface area contributed by atoms with Gasteiger partial charge in [0.2, 0.25) is 11.4 Å². The van der Waals surface area contributed by atoms with E-state index in [1.54, 1.807) is 46.9 Å². The van der Waals surface area contributed by atoms with Crippen molar-refractivity contribution >= 4 is 82.0 Å². The average Bonchev–Trinajstić information content (AvgIpc) is 1.34. The van der Waals surface area contributed by atoms with Gasteiger partial charge in [-0.05, 0) is 96.8 Å². The molecule has 0 spiro atoms. The topological polar surface area (TPSA) is 182 Å². The lowest BCUT2D eigenvalue weighted by atomic mass is 9.91. The molecule has 0 amide bonds. The minimum atomic E-state index is -1.52. The predicted octanol–water partition coefficient (Wildman–Crippen LogP) is 27.9. The van der Waals surface area contributed by atoms with Crippen molar-refractivity contribution in [2.45, 2.75) is 420 Å². The molecule has 2 aliphatic rings. The van der Waals surface area contributed by atoms with Crippen molar-refractivity contribution in [1.82, 2.24) is 10.6 Å². The Morgan fingerprint density at radius 1 is 0.333 bits per heavy atom. The quantitative estimate of drug-likeness (QED) is 0.0140. The maximum Gasteiger partial charge on any atom is 0.333 e. The molecule has 2 aliphatic heterocycles. The largest absolute Gasteiger partial charge is 0.435 e. The molecule has 114 heavy (non-hydrogen) atoms. The predicted molar refractivity (Wildman–Crippen MR) is 475 cm³/mol. The van der Waals surface area contributed by atoms with Crippen molar-refractivity contribution < 1.29 is 57.2 Å². The van der Waals surface area contributed by atoms with E-state index in [-0.39, 0.29) is 60.2 Å².